The zero-order valence-corrected chi connectivity index (χ0v) is 11.5. The smallest absolute Gasteiger partial charge is 0.143 e. The number of hydrogen-bond donors (Lipinski definition) is 0. The van der Waals surface area contributed by atoms with Crippen LogP contribution in [0.2, 0.25) is 0 Å². The molecule has 1 aliphatic carbocycles. The third-order valence-corrected chi connectivity index (χ3v) is 4.62. The molecule has 0 bridgehead atoms. The van der Waals surface area contributed by atoms with Gasteiger partial charge in [-0.3, -0.25) is 0 Å². The second-order valence-corrected chi connectivity index (χ2v) is 5.92. The van der Waals surface area contributed by atoms with Crippen molar-refractivity contribution in [3.63, 3.8) is 0 Å². The third-order valence-electron chi connectivity index (χ3n) is 4.62. The molecule has 3 heteroatoms. The average Bonchev–Trinajstić information content (AvgIpc) is 2.45. The van der Waals surface area contributed by atoms with E-state index in [0.29, 0.717) is 11.0 Å². The summed E-state index contributed by atoms with van der Waals surface area (Å²) in [5.74, 6) is 0.824. The molecule has 0 radical (unpaired) electrons. The minimum absolute atomic E-state index is 0.567. The van der Waals surface area contributed by atoms with Gasteiger partial charge in [0.05, 0.1) is 24.4 Å². The lowest BCUT2D eigenvalue weighted by molar-refractivity contribution is 0.139. The summed E-state index contributed by atoms with van der Waals surface area (Å²) >= 11 is 0. The normalized spacial score (nSPS) is 20.7. The highest BCUT2D eigenvalue weighted by atomic mass is 16.5. The van der Waals surface area contributed by atoms with Gasteiger partial charge in [-0.2, -0.15) is 5.26 Å². The Hall–Kier alpha value is -1.69. The number of ether oxygens (including phenoxy) is 1. The Bertz CT molecular complexity index is 504. The number of rotatable bonds is 2. The zero-order chi connectivity index (χ0) is 13.3. The van der Waals surface area contributed by atoms with E-state index >= 15 is 0 Å². The number of hydrogen-bond acceptors (Lipinski definition) is 3. The Kier molecular flexibility index (Phi) is 3.10. The molecule has 0 atom stereocenters. The van der Waals surface area contributed by atoms with E-state index in [2.05, 4.69) is 11.0 Å². The van der Waals surface area contributed by atoms with Gasteiger partial charge in [-0.1, -0.05) is 19.3 Å². The van der Waals surface area contributed by atoms with Crippen LogP contribution < -0.4 is 9.64 Å². The SMILES string of the molecule is COc1cc(C#N)ccc1N1CC2(CCCCC2)C1. The molecule has 3 rings (SSSR count). The van der Waals surface area contributed by atoms with Gasteiger partial charge in [0.15, 0.2) is 0 Å². The molecular weight excluding hydrogens is 236 g/mol. The predicted molar refractivity (Wildman–Crippen MR) is 75.4 cm³/mol. The second kappa shape index (κ2) is 4.77. The fourth-order valence-corrected chi connectivity index (χ4v) is 3.56. The van der Waals surface area contributed by atoms with Gasteiger partial charge in [0, 0.05) is 24.6 Å². The number of benzene rings is 1. The van der Waals surface area contributed by atoms with Gasteiger partial charge in [-0.25, -0.2) is 0 Å². The van der Waals surface area contributed by atoms with E-state index in [4.69, 9.17) is 10.00 Å². The highest BCUT2D eigenvalue weighted by Crippen LogP contribution is 2.47. The number of nitriles is 1. The maximum Gasteiger partial charge on any atom is 0.143 e. The molecule has 1 saturated heterocycles. The lowest BCUT2D eigenvalue weighted by atomic mass is 9.68. The van der Waals surface area contributed by atoms with E-state index in [1.165, 1.54) is 32.1 Å². The summed E-state index contributed by atoms with van der Waals surface area (Å²) in [6.45, 7) is 2.30. The summed E-state index contributed by atoms with van der Waals surface area (Å²) in [5.41, 5.74) is 2.36. The van der Waals surface area contributed by atoms with Crippen molar-refractivity contribution >= 4 is 5.69 Å². The van der Waals surface area contributed by atoms with Crippen molar-refractivity contribution in [1.82, 2.24) is 0 Å². The van der Waals surface area contributed by atoms with Gasteiger partial charge in [0.1, 0.15) is 5.75 Å². The van der Waals surface area contributed by atoms with Crippen molar-refractivity contribution in [3.8, 4) is 11.8 Å². The molecule has 19 heavy (non-hydrogen) atoms. The van der Waals surface area contributed by atoms with Crippen molar-refractivity contribution in [1.29, 1.82) is 5.26 Å². The van der Waals surface area contributed by atoms with Gasteiger partial charge in [0.2, 0.25) is 0 Å². The quantitative estimate of drug-likeness (QED) is 0.814. The first-order valence-corrected chi connectivity index (χ1v) is 7.09. The lowest BCUT2D eigenvalue weighted by Crippen LogP contribution is -2.57. The maximum atomic E-state index is 8.94. The summed E-state index contributed by atoms with van der Waals surface area (Å²) in [7, 11) is 1.68. The standard InChI is InChI=1S/C16H20N2O/c1-19-15-9-13(10-17)5-6-14(15)18-11-16(12-18)7-3-2-4-8-16/h5-6,9H,2-4,7-8,11-12H2,1H3. The molecule has 100 valence electrons. The van der Waals surface area contributed by atoms with Crippen LogP contribution >= 0.6 is 0 Å². The van der Waals surface area contributed by atoms with Crippen LogP contribution in [0.4, 0.5) is 5.69 Å². The van der Waals surface area contributed by atoms with Crippen LogP contribution in [0.5, 0.6) is 5.75 Å². The van der Waals surface area contributed by atoms with Crippen molar-refractivity contribution in [2.45, 2.75) is 32.1 Å². The van der Waals surface area contributed by atoms with E-state index in [1.54, 1.807) is 7.11 Å². The first-order chi connectivity index (χ1) is 9.26. The van der Waals surface area contributed by atoms with E-state index < -0.39 is 0 Å². The molecular formula is C16H20N2O. The molecule has 1 saturated carbocycles. The Labute approximate surface area is 114 Å². The lowest BCUT2D eigenvalue weighted by Gasteiger charge is -2.53. The highest BCUT2D eigenvalue weighted by Gasteiger charge is 2.43. The van der Waals surface area contributed by atoms with Crippen LogP contribution in [0, 0.1) is 16.7 Å². The molecule has 1 aromatic rings. The molecule has 0 unspecified atom stereocenters. The van der Waals surface area contributed by atoms with Crippen LogP contribution in [0.15, 0.2) is 18.2 Å². The Morgan fingerprint density at radius 3 is 2.58 bits per heavy atom. The fraction of sp³-hybridized carbons (Fsp3) is 0.562. The van der Waals surface area contributed by atoms with Crippen molar-refractivity contribution < 1.29 is 4.74 Å². The Morgan fingerprint density at radius 2 is 1.95 bits per heavy atom. The van der Waals surface area contributed by atoms with Crippen LogP contribution in [0.1, 0.15) is 37.7 Å². The number of methoxy groups -OCH3 is 1. The maximum absolute atomic E-state index is 8.94. The second-order valence-electron chi connectivity index (χ2n) is 5.92. The zero-order valence-electron chi connectivity index (χ0n) is 11.5. The van der Waals surface area contributed by atoms with E-state index in [-0.39, 0.29) is 0 Å². The summed E-state index contributed by atoms with van der Waals surface area (Å²) in [6, 6.07) is 7.90. The minimum atomic E-state index is 0.567. The van der Waals surface area contributed by atoms with Crippen LogP contribution in [0.3, 0.4) is 0 Å². The molecule has 0 N–H and O–H groups in total. The molecule has 3 nitrogen and oxygen atoms in total. The minimum Gasteiger partial charge on any atom is -0.495 e. The largest absolute Gasteiger partial charge is 0.495 e. The van der Waals surface area contributed by atoms with E-state index in [9.17, 15) is 0 Å². The molecule has 1 heterocycles. The van der Waals surface area contributed by atoms with Gasteiger partial charge in [-0.15, -0.1) is 0 Å². The van der Waals surface area contributed by atoms with E-state index in [0.717, 1.165) is 24.5 Å². The Balaban J connectivity index is 1.76. The van der Waals surface area contributed by atoms with E-state index in [1.807, 2.05) is 18.2 Å². The summed E-state index contributed by atoms with van der Waals surface area (Å²) in [5, 5.41) is 8.94. The molecule has 1 aliphatic heterocycles. The van der Waals surface area contributed by atoms with Gasteiger partial charge >= 0.3 is 0 Å². The molecule has 1 aromatic carbocycles. The molecule has 2 aliphatic rings. The van der Waals surface area contributed by atoms with Crippen molar-refractivity contribution in [3.05, 3.63) is 23.8 Å². The average molecular weight is 256 g/mol. The molecule has 2 fully saturated rings. The number of nitrogens with zero attached hydrogens (tertiary/aromatic N) is 2. The molecule has 0 amide bonds. The van der Waals surface area contributed by atoms with Crippen molar-refractivity contribution in [2.75, 3.05) is 25.1 Å². The van der Waals surface area contributed by atoms with Gasteiger partial charge in [0.25, 0.3) is 0 Å². The first kappa shape index (κ1) is 12.3. The van der Waals surface area contributed by atoms with Crippen LogP contribution in [-0.4, -0.2) is 20.2 Å². The summed E-state index contributed by atoms with van der Waals surface area (Å²) in [6.07, 6.45) is 6.93. The molecule has 1 spiro atoms. The number of anilines is 1. The summed E-state index contributed by atoms with van der Waals surface area (Å²) in [4.78, 5) is 2.39. The third kappa shape index (κ3) is 2.16. The van der Waals surface area contributed by atoms with Gasteiger partial charge < -0.3 is 9.64 Å². The van der Waals surface area contributed by atoms with Gasteiger partial charge in [-0.05, 0) is 25.0 Å². The van der Waals surface area contributed by atoms with Crippen LogP contribution in [-0.2, 0) is 0 Å². The van der Waals surface area contributed by atoms with Crippen LogP contribution in [0.25, 0.3) is 0 Å². The Morgan fingerprint density at radius 1 is 1.21 bits per heavy atom. The fourth-order valence-electron chi connectivity index (χ4n) is 3.56. The monoisotopic (exact) mass is 256 g/mol. The first-order valence-electron chi connectivity index (χ1n) is 7.09. The highest BCUT2D eigenvalue weighted by molar-refractivity contribution is 5.63. The molecule has 0 aromatic heterocycles. The summed E-state index contributed by atoms with van der Waals surface area (Å²) < 4.78 is 5.43. The predicted octanol–water partition coefficient (Wildman–Crippen LogP) is 3.34. The van der Waals surface area contributed by atoms with Crippen molar-refractivity contribution in [2.24, 2.45) is 5.41 Å². The topological polar surface area (TPSA) is 36.3 Å².